The Hall–Kier alpha value is -1.88. The van der Waals surface area contributed by atoms with Crippen molar-refractivity contribution >= 4 is 16.6 Å². The van der Waals surface area contributed by atoms with E-state index in [1.54, 1.807) is 6.33 Å². The first kappa shape index (κ1) is 16.0. The first-order chi connectivity index (χ1) is 11.0. The first-order valence-electron chi connectivity index (χ1n) is 8.36. The zero-order valence-corrected chi connectivity index (χ0v) is 14.2. The van der Waals surface area contributed by atoms with Gasteiger partial charge in [0.15, 0.2) is 0 Å². The number of rotatable bonds is 5. The highest BCUT2D eigenvalue weighted by atomic mass is 16.5. The summed E-state index contributed by atoms with van der Waals surface area (Å²) in [6.07, 6.45) is 3.85. The molecule has 2 aromatic rings. The number of aromatic nitrogens is 2. The molecule has 1 aromatic heterocycles. The summed E-state index contributed by atoms with van der Waals surface area (Å²) in [5.41, 5.74) is 8.59. The third-order valence-electron chi connectivity index (χ3n) is 4.89. The monoisotopic (exact) mass is 314 g/mol. The molecule has 2 N–H and O–H groups in total. The van der Waals surface area contributed by atoms with Gasteiger partial charge >= 0.3 is 0 Å². The second-order valence-electron chi connectivity index (χ2n) is 6.82. The van der Waals surface area contributed by atoms with Crippen molar-refractivity contribution in [3.05, 3.63) is 24.2 Å². The second-order valence-corrected chi connectivity index (χ2v) is 6.82. The van der Waals surface area contributed by atoms with Crippen molar-refractivity contribution in [3.63, 3.8) is 0 Å². The van der Waals surface area contributed by atoms with E-state index in [2.05, 4.69) is 28.8 Å². The standard InChI is InChI=1S/C18H26N4O/c1-12-9-22(3)10-14(12)5-4-6-23-18-8-17-15(7-16(18)19)13(2)20-11-21-17/h7-8,11-12,14H,4-6,9-10,19H2,1-3H3/t12-,14+/m0/s1. The Bertz CT molecular complexity index is 688. The molecule has 2 heterocycles. The minimum Gasteiger partial charge on any atom is -0.491 e. The highest BCUT2D eigenvalue weighted by molar-refractivity contribution is 5.86. The minimum atomic E-state index is 0.657. The summed E-state index contributed by atoms with van der Waals surface area (Å²) in [7, 11) is 2.20. The van der Waals surface area contributed by atoms with Crippen molar-refractivity contribution < 1.29 is 4.74 Å². The lowest BCUT2D eigenvalue weighted by atomic mass is 9.93. The Morgan fingerprint density at radius 1 is 1.30 bits per heavy atom. The number of hydrogen-bond donors (Lipinski definition) is 1. The molecule has 1 fully saturated rings. The molecule has 23 heavy (non-hydrogen) atoms. The average Bonchev–Trinajstić information content (AvgIpc) is 2.83. The Morgan fingerprint density at radius 2 is 2.13 bits per heavy atom. The Labute approximate surface area is 137 Å². The fourth-order valence-electron chi connectivity index (χ4n) is 3.55. The lowest BCUT2D eigenvalue weighted by Crippen LogP contribution is -2.14. The molecular formula is C18H26N4O. The predicted molar refractivity (Wildman–Crippen MR) is 93.6 cm³/mol. The van der Waals surface area contributed by atoms with Gasteiger partial charge < -0.3 is 15.4 Å². The van der Waals surface area contributed by atoms with Gasteiger partial charge in [0, 0.05) is 30.2 Å². The molecule has 1 aliphatic heterocycles. The number of ether oxygens (including phenoxy) is 1. The smallest absolute Gasteiger partial charge is 0.144 e. The van der Waals surface area contributed by atoms with Gasteiger partial charge in [0.1, 0.15) is 12.1 Å². The zero-order chi connectivity index (χ0) is 16.4. The van der Waals surface area contributed by atoms with E-state index in [1.807, 2.05) is 19.1 Å². The number of nitrogen functional groups attached to an aromatic ring is 1. The lowest BCUT2D eigenvalue weighted by molar-refractivity contribution is 0.284. The summed E-state index contributed by atoms with van der Waals surface area (Å²) in [5.74, 6) is 2.30. The van der Waals surface area contributed by atoms with Gasteiger partial charge in [-0.2, -0.15) is 0 Å². The number of aryl methyl sites for hydroxylation is 1. The van der Waals surface area contributed by atoms with Crippen LogP contribution in [-0.2, 0) is 0 Å². The average molecular weight is 314 g/mol. The van der Waals surface area contributed by atoms with Gasteiger partial charge in [0.2, 0.25) is 0 Å². The van der Waals surface area contributed by atoms with Crippen LogP contribution in [0, 0.1) is 18.8 Å². The maximum absolute atomic E-state index is 6.11. The van der Waals surface area contributed by atoms with E-state index in [1.165, 1.54) is 19.5 Å². The molecule has 124 valence electrons. The van der Waals surface area contributed by atoms with Crippen molar-refractivity contribution in [2.45, 2.75) is 26.7 Å². The van der Waals surface area contributed by atoms with Crippen LogP contribution in [-0.4, -0.2) is 41.6 Å². The Kier molecular flexibility index (Phi) is 4.66. The SMILES string of the molecule is Cc1ncnc2cc(OCCC[C@@H]3CN(C)C[C@@H]3C)c(N)cc12. The van der Waals surface area contributed by atoms with E-state index in [9.17, 15) is 0 Å². The predicted octanol–water partition coefficient (Wildman–Crippen LogP) is 2.88. The van der Waals surface area contributed by atoms with Crippen LogP contribution < -0.4 is 10.5 Å². The van der Waals surface area contributed by atoms with Crippen LogP contribution in [0.5, 0.6) is 5.75 Å². The Balaban J connectivity index is 1.58. The topological polar surface area (TPSA) is 64.3 Å². The number of hydrogen-bond acceptors (Lipinski definition) is 5. The second kappa shape index (κ2) is 6.71. The van der Waals surface area contributed by atoms with E-state index >= 15 is 0 Å². The molecule has 0 radical (unpaired) electrons. The quantitative estimate of drug-likeness (QED) is 0.679. The molecule has 5 heteroatoms. The lowest BCUT2D eigenvalue weighted by Gasteiger charge is -2.15. The van der Waals surface area contributed by atoms with Crippen molar-refractivity contribution in [1.29, 1.82) is 0 Å². The summed E-state index contributed by atoms with van der Waals surface area (Å²) in [5, 5.41) is 0.986. The van der Waals surface area contributed by atoms with E-state index in [0.29, 0.717) is 12.3 Å². The molecule has 5 nitrogen and oxygen atoms in total. The maximum Gasteiger partial charge on any atom is 0.144 e. The first-order valence-corrected chi connectivity index (χ1v) is 8.36. The zero-order valence-electron chi connectivity index (χ0n) is 14.2. The van der Waals surface area contributed by atoms with Crippen LogP contribution in [0.1, 0.15) is 25.5 Å². The van der Waals surface area contributed by atoms with Gasteiger partial charge in [-0.3, -0.25) is 0 Å². The summed E-state index contributed by atoms with van der Waals surface area (Å²) in [6, 6.07) is 3.83. The number of fused-ring (bicyclic) bond motifs is 1. The number of nitrogens with zero attached hydrogens (tertiary/aromatic N) is 3. The third-order valence-corrected chi connectivity index (χ3v) is 4.89. The van der Waals surface area contributed by atoms with Crippen LogP contribution in [0.25, 0.3) is 10.9 Å². The fourth-order valence-corrected chi connectivity index (χ4v) is 3.55. The van der Waals surface area contributed by atoms with Crippen molar-refractivity contribution in [2.75, 3.05) is 32.5 Å². The van der Waals surface area contributed by atoms with Gasteiger partial charge in [0.25, 0.3) is 0 Å². The van der Waals surface area contributed by atoms with Gasteiger partial charge in [0.05, 0.1) is 17.8 Å². The van der Waals surface area contributed by atoms with Gasteiger partial charge in [-0.25, -0.2) is 9.97 Å². The highest BCUT2D eigenvalue weighted by Gasteiger charge is 2.26. The van der Waals surface area contributed by atoms with Gasteiger partial charge in [-0.15, -0.1) is 0 Å². The maximum atomic E-state index is 6.11. The molecule has 0 unspecified atom stereocenters. The van der Waals surface area contributed by atoms with Crippen molar-refractivity contribution in [1.82, 2.24) is 14.9 Å². The van der Waals surface area contributed by atoms with Gasteiger partial charge in [-0.05, 0) is 44.7 Å². The normalized spacial score (nSPS) is 21.9. The molecular weight excluding hydrogens is 288 g/mol. The molecule has 1 aliphatic rings. The number of likely N-dealkylation sites (tertiary alicyclic amines) is 1. The van der Waals surface area contributed by atoms with Crippen molar-refractivity contribution in [2.24, 2.45) is 11.8 Å². The molecule has 1 aromatic carbocycles. The number of nitrogens with two attached hydrogens (primary N) is 1. The minimum absolute atomic E-state index is 0.657. The van der Waals surface area contributed by atoms with Crippen LogP contribution >= 0.6 is 0 Å². The summed E-state index contributed by atoms with van der Waals surface area (Å²) in [6.45, 7) is 7.42. The number of anilines is 1. The molecule has 0 saturated carbocycles. The Morgan fingerprint density at radius 3 is 2.87 bits per heavy atom. The van der Waals surface area contributed by atoms with E-state index < -0.39 is 0 Å². The fraction of sp³-hybridized carbons (Fsp3) is 0.556. The molecule has 0 bridgehead atoms. The van der Waals surface area contributed by atoms with E-state index in [0.717, 1.165) is 40.6 Å². The van der Waals surface area contributed by atoms with E-state index in [-0.39, 0.29) is 0 Å². The third kappa shape index (κ3) is 3.55. The van der Waals surface area contributed by atoms with Crippen molar-refractivity contribution in [3.8, 4) is 5.75 Å². The molecule has 0 amide bonds. The number of benzene rings is 1. The molecule has 1 saturated heterocycles. The molecule has 0 spiro atoms. The van der Waals surface area contributed by atoms with Gasteiger partial charge in [-0.1, -0.05) is 6.92 Å². The van der Waals surface area contributed by atoms with Crippen LogP contribution in [0.3, 0.4) is 0 Å². The molecule has 0 aliphatic carbocycles. The van der Waals surface area contributed by atoms with Crippen LogP contribution in [0.15, 0.2) is 18.5 Å². The summed E-state index contributed by atoms with van der Waals surface area (Å²) < 4.78 is 5.91. The highest BCUT2D eigenvalue weighted by Crippen LogP contribution is 2.29. The van der Waals surface area contributed by atoms with E-state index in [4.69, 9.17) is 10.5 Å². The molecule has 3 rings (SSSR count). The molecule has 2 atom stereocenters. The van der Waals surface area contributed by atoms with Crippen LogP contribution in [0.2, 0.25) is 0 Å². The summed E-state index contributed by atoms with van der Waals surface area (Å²) in [4.78, 5) is 10.9. The summed E-state index contributed by atoms with van der Waals surface area (Å²) >= 11 is 0. The van der Waals surface area contributed by atoms with Crippen LogP contribution in [0.4, 0.5) is 5.69 Å². The largest absolute Gasteiger partial charge is 0.491 e.